The SMILES string of the molecule is CCNC(=NCC(CCO)CC(C)C)NCCNS(=O)(=O)c1cccnc1. The van der Waals surface area contributed by atoms with Crippen LogP contribution in [0.5, 0.6) is 0 Å². The van der Waals surface area contributed by atoms with E-state index in [1.54, 1.807) is 6.07 Å². The second-order valence-electron chi connectivity index (χ2n) is 6.74. The molecule has 154 valence electrons. The fourth-order valence-electron chi connectivity index (χ4n) is 2.65. The topological polar surface area (TPSA) is 116 Å². The molecule has 0 fully saturated rings. The molecule has 9 heteroatoms. The molecule has 0 aliphatic heterocycles. The van der Waals surface area contributed by atoms with E-state index in [9.17, 15) is 13.5 Å². The average Bonchev–Trinajstić information content (AvgIpc) is 2.63. The van der Waals surface area contributed by atoms with Crippen molar-refractivity contribution in [1.82, 2.24) is 20.3 Å². The summed E-state index contributed by atoms with van der Waals surface area (Å²) in [5.74, 6) is 1.52. The Bertz CT molecular complexity index is 650. The summed E-state index contributed by atoms with van der Waals surface area (Å²) in [6, 6.07) is 3.09. The van der Waals surface area contributed by atoms with Gasteiger partial charge in [-0.1, -0.05) is 13.8 Å². The van der Waals surface area contributed by atoms with Crippen LogP contribution >= 0.6 is 0 Å². The summed E-state index contributed by atoms with van der Waals surface area (Å²) in [4.78, 5) is 8.54. The molecule has 0 aromatic carbocycles. The van der Waals surface area contributed by atoms with Gasteiger partial charge in [0, 0.05) is 45.2 Å². The lowest BCUT2D eigenvalue weighted by atomic mass is 9.94. The molecule has 0 spiro atoms. The molecule has 1 heterocycles. The van der Waals surface area contributed by atoms with Crippen LogP contribution in [0.15, 0.2) is 34.4 Å². The molecule has 0 saturated carbocycles. The van der Waals surface area contributed by atoms with Gasteiger partial charge in [-0.2, -0.15) is 0 Å². The lowest BCUT2D eigenvalue weighted by Crippen LogP contribution is -2.41. The van der Waals surface area contributed by atoms with E-state index in [0.717, 1.165) is 12.8 Å². The molecule has 1 unspecified atom stereocenters. The second kappa shape index (κ2) is 12.6. The van der Waals surface area contributed by atoms with E-state index >= 15 is 0 Å². The first-order chi connectivity index (χ1) is 12.9. The van der Waals surface area contributed by atoms with Gasteiger partial charge in [0.1, 0.15) is 4.90 Å². The zero-order chi connectivity index (χ0) is 20.1. The summed E-state index contributed by atoms with van der Waals surface area (Å²) in [5, 5.41) is 15.5. The van der Waals surface area contributed by atoms with Crippen LogP contribution in [-0.2, 0) is 10.0 Å². The number of aliphatic hydroxyl groups excluding tert-OH is 1. The Morgan fingerprint density at radius 2 is 2.07 bits per heavy atom. The lowest BCUT2D eigenvalue weighted by Gasteiger charge is -2.17. The van der Waals surface area contributed by atoms with Crippen LogP contribution in [0, 0.1) is 11.8 Å². The minimum Gasteiger partial charge on any atom is -0.396 e. The third-order valence-electron chi connectivity index (χ3n) is 3.85. The number of hydrogen-bond acceptors (Lipinski definition) is 5. The minimum atomic E-state index is -3.56. The number of nitrogens with zero attached hydrogens (tertiary/aromatic N) is 2. The number of aliphatic imine (C=N–C) groups is 1. The molecule has 0 aliphatic rings. The van der Waals surface area contributed by atoms with Crippen LogP contribution in [0.2, 0.25) is 0 Å². The number of aliphatic hydroxyl groups is 1. The van der Waals surface area contributed by atoms with E-state index in [4.69, 9.17) is 0 Å². The van der Waals surface area contributed by atoms with Crippen LogP contribution in [0.25, 0.3) is 0 Å². The van der Waals surface area contributed by atoms with Crippen molar-refractivity contribution in [2.45, 2.75) is 38.5 Å². The number of guanidine groups is 1. The van der Waals surface area contributed by atoms with Gasteiger partial charge in [0.25, 0.3) is 0 Å². The number of pyridine rings is 1. The van der Waals surface area contributed by atoms with Crippen LogP contribution < -0.4 is 15.4 Å². The monoisotopic (exact) mass is 399 g/mol. The molecule has 0 aliphatic carbocycles. The molecule has 1 aromatic rings. The van der Waals surface area contributed by atoms with E-state index in [-0.39, 0.29) is 18.0 Å². The van der Waals surface area contributed by atoms with Gasteiger partial charge in [-0.15, -0.1) is 0 Å². The Labute approximate surface area is 162 Å². The fraction of sp³-hybridized carbons (Fsp3) is 0.667. The van der Waals surface area contributed by atoms with E-state index in [2.05, 4.69) is 39.2 Å². The molecule has 0 bridgehead atoms. The van der Waals surface area contributed by atoms with Crippen LogP contribution in [-0.4, -0.2) is 57.3 Å². The first-order valence-corrected chi connectivity index (χ1v) is 10.9. The maximum absolute atomic E-state index is 12.1. The summed E-state index contributed by atoms with van der Waals surface area (Å²) in [7, 11) is -3.56. The predicted octanol–water partition coefficient (Wildman–Crippen LogP) is 0.960. The molecule has 1 rings (SSSR count). The van der Waals surface area contributed by atoms with Gasteiger partial charge in [-0.05, 0) is 43.7 Å². The maximum atomic E-state index is 12.1. The van der Waals surface area contributed by atoms with Gasteiger partial charge in [0.2, 0.25) is 10.0 Å². The molecular weight excluding hydrogens is 366 g/mol. The van der Waals surface area contributed by atoms with E-state index in [0.29, 0.717) is 37.4 Å². The zero-order valence-electron chi connectivity index (χ0n) is 16.5. The molecule has 0 radical (unpaired) electrons. The van der Waals surface area contributed by atoms with Gasteiger partial charge >= 0.3 is 0 Å². The Morgan fingerprint density at radius 1 is 1.30 bits per heavy atom. The maximum Gasteiger partial charge on any atom is 0.242 e. The normalized spacial score (nSPS) is 13.6. The van der Waals surface area contributed by atoms with Crippen molar-refractivity contribution >= 4 is 16.0 Å². The molecule has 0 saturated heterocycles. The molecule has 8 nitrogen and oxygen atoms in total. The van der Waals surface area contributed by atoms with Crippen molar-refractivity contribution in [2.75, 3.05) is 32.8 Å². The summed E-state index contributed by atoms with van der Waals surface area (Å²) in [6.07, 6.45) is 4.58. The van der Waals surface area contributed by atoms with Gasteiger partial charge in [-0.25, -0.2) is 13.1 Å². The van der Waals surface area contributed by atoms with Crippen molar-refractivity contribution in [2.24, 2.45) is 16.8 Å². The Hall–Kier alpha value is -1.71. The minimum absolute atomic E-state index is 0.145. The highest BCUT2D eigenvalue weighted by molar-refractivity contribution is 7.89. The van der Waals surface area contributed by atoms with Crippen molar-refractivity contribution in [3.63, 3.8) is 0 Å². The highest BCUT2D eigenvalue weighted by atomic mass is 32.2. The summed E-state index contributed by atoms with van der Waals surface area (Å²) >= 11 is 0. The van der Waals surface area contributed by atoms with Crippen LogP contribution in [0.4, 0.5) is 0 Å². The third kappa shape index (κ3) is 9.69. The van der Waals surface area contributed by atoms with Gasteiger partial charge in [-0.3, -0.25) is 9.98 Å². The first-order valence-electron chi connectivity index (χ1n) is 9.41. The molecule has 4 N–H and O–H groups in total. The quantitative estimate of drug-likeness (QED) is 0.236. The average molecular weight is 400 g/mol. The Morgan fingerprint density at radius 3 is 2.67 bits per heavy atom. The van der Waals surface area contributed by atoms with Gasteiger partial charge < -0.3 is 15.7 Å². The van der Waals surface area contributed by atoms with E-state index in [1.807, 2.05) is 6.92 Å². The number of sulfonamides is 1. The van der Waals surface area contributed by atoms with E-state index < -0.39 is 10.0 Å². The van der Waals surface area contributed by atoms with Crippen LogP contribution in [0.1, 0.15) is 33.6 Å². The number of hydrogen-bond donors (Lipinski definition) is 4. The number of nitrogens with one attached hydrogen (secondary N) is 3. The fourth-order valence-corrected chi connectivity index (χ4v) is 3.65. The largest absolute Gasteiger partial charge is 0.396 e. The lowest BCUT2D eigenvalue weighted by molar-refractivity contribution is 0.245. The molecular formula is C18H33N5O3S. The summed E-state index contributed by atoms with van der Waals surface area (Å²) < 4.78 is 26.8. The summed E-state index contributed by atoms with van der Waals surface area (Å²) in [6.45, 7) is 8.41. The summed E-state index contributed by atoms with van der Waals surface area (Å²) in [5.41, 5.74) is 0. The standard InChI is InChI=1S/C18H33N5O3S/c1-4-20-18(22-13-16(7-11-24)12-15(2)3)21-9-10-23-27(25,26)17-6-5-8-19-14-17/h5-6,8,14-16,23-24H,4,7,9-13H2,1-3H3,(H2,20,21,22). The molecule has 1 atom stereocenters. The highest BCUT2D eigenvalue weighted by Gasteiger charge is 2.13. The third-order valence-corrected chi connectivity index (χ3v) is 5.29. The predicted molar refractivity (Wildman–Crippen MR) is 108 cm³/mol. The van der Waals surface area contributed by atoms with Crippen LogP contribution in [0.3, 0.4) is 0 Å². The first kappa shape index (κ1) is 23.3. The zero-order valence-corrected chi connectivity index (χ0v) is 17.3. The Kier molecular flexibility index (Phi) is 10.9. The number of rotatable bonds is 12. The van der Waals surface area contributed by atoms with Crippen molar-refractivity contribution in [1.29, 1.82) is 0 Å². The Balaban J connectivity index is 2.52. The van der Waals surface area contributed by atoms with Crippen molar-refractivity contribution in [3.05, 3.63) is 24.5 Å². The highest BCUT2D eigenvalue weighted by Crippen LogP contribution is 2.15. The molecule has 27 heavy (non-hydrogen) atoms. The molecule has 0 amide bonds. The second-order valence-corrected chi connectivity index (χ2v) is 8.51. The van der Waals surface area contributed by atoms with Crippen molar-refractivity contribution in [3.8, 4) is 0 Å². The molecule has 1 aromatic heterocycles. The van der Waals surface area contributed by atoms with Gasteiger partial charge in [0.05, 0.1) is 0 Å². The number of aromatic nitrogens is 1. The van der Waals surface area contributed by atoms with Crippen molar-refractivity contribution < 1.29 is 13.5 Å². The smallest absolute Gasteiger partial charge is 0.242 e. The van der Waals surface area contributed by atoms with Gasteiger partial charge in [0.15, 0.2) is 5.96 Å². The van der Waals surface area contributed by atoms with E-state index in [1.165, 1.54) is 18.5 Å².